The third kappa shape index (κ3) is 2.85. The number of halogens is 1. The van der Waals surface area contributed by atoms with Crippen molar-refractivity contribution < 1.29 is 14.1 Å². The Morgan fingerprint density at radius 1 is 1.55 bits per heavy atom. The number of nitrogens with zero attached hydrogens (tertiary/aromatic N) is 1. The zero-order chi connectivity index (χ0) is 14.7. The maximum absolute atomic E-state index is 12.0. The van der Waals surface area contributed by atoms with Gasteiger partial charge in [-0.2, -0.15) is 0 Å². The van der Waals surface area contributed by atoms with Crippen molar-refractivity contribution in [2.75, 3.05) is 7.11 Å². The monoisotopic (exact) mass is 293 g/mol. The molecule has 0 bridgehead atoms. The lowest BCUT2D eigenvalue weighted by Gasteiger charge is -2.03. The lowest BCUT2D eigenvalue weighted by molar-refractivity contribution is 0.0598. The number of carbonyl (C=O) groups is 1. The van der Waals surface area contributed by atoms with E-state index in [1.54, 1.807) is 25.2 Å². The molecule has 1 saturated carbocycles. The zero-order valence-electron chi connectivity index (χ0n) is 11.5. The molecular weight excluding hydrogens is 278 g/mol. The summed E-state index contributed by atoms with van der Waals surface area (Å²) in [7, 11) is 1.34. The maximum Gasteiger partial charge on any atom is 0.343 e. The van der Waals surface area contributed by atoms with Crippen LogP contribution < -0.4 is 0 Å². The van der Waals surface area contributed by atoms with E-state index in [1.165, 1.54) is 7.11 Å². The molecule has 0 N–H and O–H groups in total. The van der Waals surface area contributed by atoms with Gasteiger partial charge in [0, 0.05) is 11.0 Å². The van der Waals surface area contributed by atoms with Crippen LogP contribution in [0.1, 0.15) is 47.5 Å². The normalized spacial score (nSPS) is 16.1. The Labute approximate surface area is 122 Å². The Morgan fingerprint density at radius 2 is 2.25 bits per heavy atom. The Balaban J connectivity index is 2.48. The van der Waals surface area contributed by atoms with Gasteiger partial charge in [-0.25, -0.2) is 4.79 Å². The van der Waals surface area contributed by atoms with E-state index in [2.05, 4.69) is 11.7 Å². The molecule has 20 heavy (non-hydrogen) atoms. The summed E-state index contributed by atoms with van der Waals surface area (Å²) in [5.74, 6) is 0.420. The highest BCUT2D eigenvalue weighted by atomic mass is 35.5. The summed E-state index contributed by atoms with van der Waals surface area (Å²) >= 11 is 6.18. The van der Waals surface area contributed by atoms with Gasteiger partial charge in [0.05, 0.1) is 7.11 Å². The molecule has 1 fully saturated rings. The van der Waals surface area contributed by atoms with Crippen LogP contribution in [0, 0.1) is 0 Å². The van der Waals surface area contributed by atoms with Crippen LogP contribution in [0.4, 0.5) is 0 Å². The van der Waals surface area contributed by atoms with Crippen molar-refractivity contribution in [3.8, 4) is 0 Å². The van der Waals surface area contributed by atoms with Crippen LogP contribution in [0.3, 0.4) is 0 Å². The van der Waals surface area contributed by atoms with Crippen molar-refractivity contribution in [3.63, 3.8) is 0 Å². The van der Waals surface area contributed by atoms with E-state index in [0.29, 0.717) is 27.6 Å². The minimum atomic E-state index is -0.445. The third-order valence-corrected chi connectivity index (χ3v) is 3.56. The number of methoxy groups -OCH3 is 1. The maximum atomic E-state index is 12.0. The fourth-order valence-electron chi connectivity index (χ4n) is 1.87. The molecule has 0 saturated heterocycles. The summed E-state index contributed by atoms with van der Waals surface area (Å²) in [6.45, 7) is 5.37. The van der Waals surface area contributed by atoms with Gasteiger partial charge in [-0.15, -0.1) is 0 Å². The van der Waals surface area contributed by atoms with E-state index in [1.807, 2.05) is 0 Å². The number of hydrogen-bond acceptors (Lipinski definition) is 4. The van der Waals surface area contributed by atoms with E-state index in [0.717, 1.165) is 12.8 Å². The number of allylic oxidation sites excluding steroid dienone is 5. The van der Waals surface area contributed by atoms with Crippen LogP contribution in [0.5, 0.6) is 0 Å². The molecule has 1 aliphatic carbocycles. The largest absolute Gasteiger partial charge is 0.465 e. The highest BCUT2D eigenvalue weighted by Gasteiger charge is 2.36. The number of rotatable bonds is 5. The van der Waals surface area contributed by atoms with Crippen molar-refractivity contribution in [1.82, 2.24) is 5.16 Å². The topological polar surface area (TPSA) is 52.3 Å². The molecule has 106 valence electrons. The van der Waals surface area contributed by atoms with Gasteiger partial charge in [-0.1, -0.05) is 35.5 Å². The standard InChI is InChI=1S/C15H16ClNO3/c1-4-5-6-11(16)9(2)13-12(15(18)19-3)14(20-17-13)10-7-8-10/h4-6,10H,1,7-8H2,2-3H3/b6-5-,11-9-. The zero-order valence-corrected chi connectivity index (χ0v) is 12.2. The molecule has 1 aromatic heterocycles. The average molecular weight is 294 g/mol. The van der Waals surface area contributed by atoms with Crippen molar-refractivity contribution in [1.29, 1.82) is 0 Å². The van der Waals surface area contributed by atoms with Crippen LogP contribution in [-0.4, -0.2) is 18.2 Å². The van der Waals surface area contributed by atoms with Gasteiger partial charge >= 0.3 is 5.97 Å². The van der Waals surface area contributed by atoms with Gasteiger partial charge in [-0.05, 0) is 31.4 Å². The van der Waals surface area contributed by atoms with Crippen LogP contribution in [0.25, 0.3) is 5.57 Å². The summed E-state index contributed by atoms with van der Waals surface area (Å²) in [6, 6.07) is 0. The van der Waals surface area contributed by atoms with Crippen molar-refractivity contribution in [2.45, 2.75) is 25.7 Å². The molecule has 0 spiro atoms. The predicted octanol–water partition coefficient (Wildman–Crippen LogP) is 4.05. The Kier molecular flexibility index (Phi) is 4.45. The molecule has 1 aliphatic rings. The molecule has 1 aromatic rings. The molecule has 5 heteroatoms. The summed E-state index contributed by atoms with van der Waals surface area (Å²) in [4.78, 5) is 12.0. The first-order chi connectivity index (χ1) is 9.60. The first-order valence-electron chi connectivity index (χ1n) is 6.33. The Hall–Kier alpha value is -1.81. The van der Waals surface area contributed by atoms with E-state index in [9.17, 15) is 4.79 Å². The molecular formula is C15H16ClNO3. The fourth-order valence-corrected chi connectivity index (χ4v) is 2.04. The number of hydrogen-bond donors (Lipinski definition) is 0. The second kappa shape index (κ2) is 6.09. The van der Waals surface area contributed by atoms with E-state index < -0.39 is 5.97 Å². The summed E-state index contributed by atoms with van der Waals surface area (Å²) in [6.07, 6.45) is 7.04. The van der Waals surface area contributed by atoms with Gasteiger partial charge in [0.1, 0.15) is 11.3 Å². The van der Waals surface area contributed by atoms with Gasteiger partial charge in [0.15, 0.2) is 5.76 Å². The molecule has 0 aromatic carbocycles. The first-order valence-corrected chi connectivity index (χ1v) is 6.71. The Morgan fingerprint density at radius 3 is 2.80 bits per heavy atom. The molecule has 1 heterocycles. The lowest BCUT2D eigenvalue weighted by atomic mass is 10.1. The first kappa shape index (κ1) is 14.6. The van der Waals surface area contributed by atoms with Crippen LogP contribution in [0.2, 0.25) is 0 Å². The van der Waals surface area contributed by atoms with E-state index >= 15 is 0 Å². The Bertz CT molecular complexity index is 594. The third-order valence-electron chi connectivity index (χ3n) is 3.15. The molecule has 4 nitrogen and oxygen atoms in total. The molecule has 2 rings (SSSR count). The van der Waals surface area contributed by atoms with Gasteiger partial charge < -0.3 is 9.26 Å². The SMILES string of the molecule is C=C/C=C\C(Cl)=C(/C)c1noc(C2CC2)c1C(=O)OC. The smallest absolute Gasteiger partial charge is 0.343 e. The number of esters is 1. The van der Waals surface area contributed by atoms with Crippen LogP contribution >= 0.6 is 11.6 Å². The van der Waals surface area contributed by atoms with Crippen molar-refractivity contribution in [3.05, 3.63) is 46.9 Å². The molecule has 0 amide bonds. The van der Waals surface area contributed by atoms with Gasteiger partial charge in [-0.3, -0.25) is 0 Å². The minimum Gasteiger partial charge on any atom is -0.465 e. The second-order valence-corrected chi connectivity index (χ2v) is 5.01. The second-order valence-electron chi connectivity index (χ2n) is 4.60. The fraction of sp³-hybridized carbons (Fsp3) is 0.333. The van der Waals surface area contributed by atoms with Crippen LogP contribution in [0.15, 0.2) is 34.4 Å². The van der Waals surface area contributed by atoms with E-state index in [4.69, 9.17) is 20.9 Å². The molecule has 0 atom stereocenters. The summed E-state index contributed by atoms with van der Waals surface area (Å²) in [5.41, 5.74) is 1.50. The lowest BCUT2D eigenvalue weighted by Crippen LogP contribution is -2.06. The van der Waals surface area contributed by atoms with Crippen molar-refractivity contribution in [2.24, 2.45) is 0 Å². The highest BCUT2D eigenvalue weighted by Crippen LogP contribution is 2.43. The average Bonchev–Trinajstić information content (AvgIpc) is 3.21. The number of carbonyl (C=O) groups excluding carboxylic acids is 1. The van der Waals surface area contributed by atoms with E-state index in [-0.39, 0.29) is 5.92 Å². The highest BCUT2D eigenvalue weighted by molar-refractivity contribution is 6.34. The predicted molar refractivity (Wildman–Crippen MR) is 77.6 cm³/mol. The summed E-state index contributed by atoms with van der Waals surface area (Å²) < 4.78 is 10.2. The quantitative estimate of drug-likeness (QED) is 0.607. The van der Waals surface area contributed by atoms with Crippen LogP contribution in [-0.2, 0) is 4.74 Å². The number of aromatic nitrogens is 1. The van der Waals surface area contributed by atoms with Crippen molar-refractivity contribution >= 4 is 23.1 Å². The molecule has 0 radical (unpaired) electrons. The minimum absolute atomic E-state index is 0.264. The van der Waals surface area contributed by atoms with Gasteiger partial charge in [0.2, 0.25) is 0 Å². The number of ether oxygens (including phenoxy) is 1. The van der Waals surface area contributed by atoms with Gasteiger partial charge in [0.25, 0.3) is 0 Å². The molecule has 0 aliphatic heterocycles. The summed E-state index contributed by atoms with van der Waals surface area (Å²) in [5, 5.41) is 4.48. The molecule has 0 unspecified atom stereocenters.